The summed E-state index contributed by atoms with van der Waals surface area (Å²) in [6.07, 6.45) is 4.67. The number of hydrogen-bond acceptors (Lipinski definition) is 2. The Morgan fingerprint density at radius 3 is 3.00 bits per heavy atom. The normalized spacial score (nSPS) is 24.6. The van der Waals surface area contributed by atoms with E-state index in [1.54, 1.807) is 4.90 Å². The molecule has 1 rings (SSSR count). The van der Waals surface area contributed by atoms with Crippen molar-refractivity contribution < 1.29 is 4.79 Å². The quantitative estimate of drug-likeness (QED) is 0.593. The molecule has 3 nitrogen and oxygen atoms in total. The van der Waals surface area contributed by atoms with Crippen molar-refractivity contribution in [1.82, 2.24) is 10.2 Å². The van der Waals surface area contributed by atoms with Gasteiger partial charge < -0.3 is 10.2 Å². The molecule has 0 aromatic carbocycles. The Bertz CT molecular complexity index is 121. The fourth-order valence-electron chi connectivity index (χ4n) is 1.47. The smallest absolute Gasteiger partial charge is 0.209 e. The highest BCUT2D eigenvalue weighted by atomic mass is 16.1. The van der Waals surface area contributed by atoms with Crippen molar-refractivity contribution in [1.29, 1.82) is 0 Å². The zero-order chi connectivity index (χ0) is 8.10. The second-order valence-corrected chi connectivity index (χ2v) is 3.19. The van der Waals surface area contributed by atoms with E-state index in [-0.39, 0.29) is 0 Å². The highest BCUT2D eigenvalue weighted by Crippen LogP contribution is 2.06. The van der Waals surface area contributed by atoms with E-state index < -0.39 is 0 Å². The van der Waals surface area contributed by atoms with E-state index in [2.05, 4.69) is 5.32 Å². The number of carbonyl (C=O) groups excluding carboxylic acids is 1. The van der Waals surface area contributed by atoms with E-state index in [9.17, 15) is 4.79 Å². The average Bonchev–Trinajstić information content (AvgIpc) is 2.06. The molecule has 64 valence electrons. The van der Waals surface area contributed by atoms with Gasteiger partial charge in [0.1, 0.15) is 0 Å². The van der Waals surface area contributed by atoms with E-state index in [1.807, 2.05) is 7.05 Å². The number of rotatable bonds is 3. The minimum Gasteiger partial charge on any atom is -0.347 e. The van der Waals surface area contributed by atoms with Crippen LogP contribution in [0.2, 0.25) is 0 Å². The molecule has 0 bridgehead atoms. The Morgan fingerprint density at radius 1 is 1.64 bits per heavy atom. The van der Waals surface area contributed by atoms with E-state index in [0.717, 1.165) is 19.5 Å². The third-order valence-corrected chi connectivity index (χ3v) is 2.10. The molecule has 0 aromatic heterocycles. The van der Waals surface area contributed by atoms with Crippen molar-refractivity contribution in [2.45, 2.75) is 25.3 Å². The van der Waals surface area contributed by atoms with Crippen LogP contribution < -0.4 is 5.32 Å². The number of amides is 1. The van der Waals surface area contributed by atoms with Gasteiger partial charge in [-0.25, -0.2) is 0 Å². The summed E-state index contributed by atoms with van der Waals surface area (Å²) in [5.74, 6) is 0. The highest BCUT2D eigenvalue weighted by molar-refractivity contribution is 5.46. The van der Waals surface area contributed by atoms with Gasteiger partial charge in [0, 0.05) is 19.6 Å². The van der Waals surface area contributed by atoms with Crippen LogP contribution in [0.1, 0.15) is 19.3 Å². The minimum atomic E-state index is 0.527. The van der Waals surface area contributed by atoms with Gasteiger partial charge >= 0.3 is 0 Å². The number of nitrogens with one attached hydrogen (secondary N) is 1. The Kier molecular flexibility index (Phi) is 3.36. The molecule has 0 aromatic rings. The Hall–Kier alpha value is -0.570. The monoisotopic (exact) mass is 156 g/mol. The van der Waals surface area contributed by atoms with Crippen molar-refractivity contribution in [3.8, 4) is 0 Å². The van der Waals surface area contributed by atoms with Crippen molar-refractivity contribution in [2.75, 3.05) is 20.1 Å². The molecule has 0 aliphatic carbocycles. The lowest BCUT2D eigenvalue weighted by molar-refractivity contribution is -0.117. The lowest BCUT2D eigenvalue weighted by atomic mass is 10.1. The molecule has 1 amide bonds. The van der Waals surface area contributed by atoms with E-state index in [1.165, 1.54) is 19.3 Å². The molecule has 1 aliphatic heterocycles. The molecule has 1 N–H and O–H groups in total. The zero-order valence-corrected chi connectivity index (χ0v) is 7.05. The first kappa shape index (κ1) is 8.53. The third-order valence-electron chi connectivity index (χ3n) is 2.10. The molecule has 1 atom stereocenters. The number of nitrogens with zero attached hydrogens (tertiary/aromatic N) is 1. The molecule has 3 heteroatoms. The van der Waals surface area contributed by atoms with Crippen molar-refractivity contribution in [2.24, 2.45) is 0 Å². The second-order valence-electron chi connectivity index (χ2n) is 3.19. The summed E-state index contributed by atoms with van der Waals surface area (Å²) in [4.78, 5) is 12.0. The second kappa shape index (κ2) is 4.34. The third kappa shape index (κ3) is 2.89. The maximum atomic E-state index is 10.3. The highest BCUT2D eigenvalue weighted by Gasteiger charge is 2.13. The number of carbonyl (C=O) groups is 1. The summed E-state index contributed by atoms with van der Waals surface area (Å²) >= 11 is 0. The van der Waals surface area contributed by atoms with E-state index >= 15 is 0 Å². The molecule has 1 saturated heterocycles. The lowest BCUT2D eigenvalue weighted by Crippen LogP contribution is -2.41. The van der Waals surface area contributed by atoms with Crippen molar-refractivity contribution in [3.05, 3.63) is 0 Å². The van der Waals surface area contributed by atoms with Crippen LogP contribution in [0.3, 0.4) is 0 Å². The largest absolute Gasteiger partial charge is 0.347 e. The standard InChI is InChI=1S/C8H16N2O/c1-10(7-11)6-8-4-2-3-5-9-8/h7-9H,2-6H2,1H3. The van der Waals surface area contributed by atoms with Gasteiger partial charge in [0.15, 0.2) is 0 Å². The Morgan fingerprint density at radius 2 is 2.45 bits per heavy atom. The molecule has 1 fully saturated rings. The summed E-state index contributed by atoms with van der Waals surface area (Å²) in [6, 6.07) is 0.527. The van der Waals surface area contributed by atoms with Crippen LogP contribution in [-0.2, 0) is 4.79 Å². The van der Waals surface area contributed by atoms with Gasteiger partial charge in [-0.3, -0.25) is 4.79 Å². The summed E-state index contributed by atoms with van der Waals surface area (Å²) < 4.78 is 0. The van der Waals surface area contributed by atoms with Gasteiger partial charge in [0.2, 0.25) is 6.41 Å². The maximum absolute atomic E-state index is 10.3. The lowest BCUT2D eigenvalue weighted by Gasteiger charge is -2.26. The molecule has 1 aliphatic rings. The van der Waals surface area contributed by atoms with E-state index in [0.29, 0.717) is 6.04 Å². The van der Waals surface area contributed by atoms with Gasteiger partial charge in [-0.05, 0) is 19.4 Å². The van der Waals surface area contributed by atoms with Crippen LogP contribution in [0, 0.1) is 0 Å². The summed E-state index contributed by atoms with van der Waals surface area (Å²) in [6.45, 7) is 1.96. The van der Waals surface area contributed by atoms with Gasteiger partial charge in [0.05, 0.1) is 0 Å². The van der Waals surface area contributed by atoms with Crippen LogP contribution in [0.15, 0.2) is 0 Å². The molecule has 0 saturated carbocycles. The topological polar surface area (TPSA) is 32.3 Å². The number of piperidine rings is 1. The van der Waals surface area contributed by atoms with Crippen LogP contribution in [-0.4, -0.2) is 37.5 Å². The molecule has 1 heterocycles. The van der Waals surface area contributed by atoms with Crippen LogP contribution >= 0.6 is 0 Å². The number of likely N-dealkylation sites (N-methyl/N-ethyl adjacent to an activating group) is 1. The maximum Gasteiger partial charge on any atom is 0.209 e. The Balaban J connectivity index is 2.18. The van der Waals surface area contributed by atoms with Crippen molar-refractivity contribution in [3.63, 3.8) is 0 Å². The molecule has 0 spiro atoms. The van der Waals surface area contributed by atoms with Gasteiger partial charge in [-0.15, -0.1) is 0 Å². The fraction of sp³-hybridized carbons (Fsp3) is 0.875. The first-order valence-electron chi connectivity index (χ1n) is 4.22. The predicted octanol–water partition coefficient (Wildman–Crippen LogP) is 0.217. The number of hydrogen-bond donors (Lipinski definition) is 1. The average molecular weight is 156 g/mol. The van der Waals surface area contributed by atoms with E-state index in [4.69, 9.17) is 0 Å². The summed E-state index contributed by atoms with van der Waals surface area (Å²) in [7, 11) is 1.82. The molecular formula is C8H16N2O. The predicted molar refractivity (Wildman–Crippen MR) is 44.3 cm³/mol. The SMILES string of the molecule is CN(C=O)CC1CCCCN1. The Labute approximate surface area is 67.8 Å². The summed E-state index contributed by atoms with van der Waals surface area (Å²) in [5, 5.41) is 3.38. The van der Waals surface area contributed by atoms with Gasteiger partial charge in [0.25, 0.3) is 0 Å². The zero-order valence-electron chi connectivity index (χ0n) is 7.05. The first-order valence-corrected chi connectivity index (χ1v) is 4.22. The van der Waals surface area contributed by atoms with Gasteiger partial charge in [-0.2, -0.15) is 0 Å². The van der Waals surface area contributed by atoms with Crippen LogP contribution in [0.4, 0.5) is 0 Å². The van der Waals surface area contributed by atoms with Crippen LogP contribution in [0.25, 0.3) is 0 Å². The first-order chi connectivity index (χ1) is 5.33. The molecule has 11 heavy (non-hydrogen) atoms. The molecule has 1 unspecified atom stereocenters. The van der Waals surface area contributed by atoms with Crippen molar-refractivity contribution >= 4 is 6.41 Å². The fourth-order valence-corrected chi connectivity index (χ4v) is 1.47. The van der Waals surface area contributed by atoms with Crippen LogP contribution in [0.5, 0.6) is 0 Å². The molecule has 0 radical (unpaired) electrons. The molecular weight excluding hydrogens is 140 g/mol. The summed E-state index contributed by atoms with van der Waals surface area (Å²) in [5.41, 5.74) is 0. The minimum absolute atomic E-state index is 0.527. The van der Waals surface area contributed by atoms with Gasteiger partial charge in [-0.1, -0.05) is 6.42 Å².